The van der Waals surface area contributed by atoms with Gasteiger partial charge >= 0.3 is 0 Å². The second-order valence-electron chi connectivity index (χ2n) is 14.9. The van der Waals surface area contributed by atoms with Gasteiger partial charge in [-0.05, 0) is 92.6 Å². The van der Waals surface area contributed by atoms with Crippen LogP contribution in [0.5, 0.6) is 0 Å². The van der Waals surface area contributed by atoms with Gasteiger partial charge in [0.05, 0.1) is 17.3 Å². The topological polar surface area (TPSA) is 125 Å². The minimum absolute atomic E-state index is 0.233. The Morgan fingerprint density at radius 2 is 1.65 bits per heavy atom. The predicted octanol–water partition coefficient (Wildman–Crippen LogP) is 6.23. The smallest absolute Gasteiger partial charge is 0.251 e. The fraction of sp³-hybridized carbons (Fsp3) is 0.409. The zero-order valence-corrected chi connectivity index (χ0v) is 32.6. The van der Waals surface area contributed by atoms with Gasteiger partial charge in [-0.3, -0.25) is 14.5 Å². The van der Waals surface area contributed by atoms with Gasteiger partial charge in [0.1, 0.15) is 0 Å². The Morgan fingerprint density at radius 1 is 0.909 bits per heavy atom. The number of hydrogen-bond acceptors (Lipinski definition) is 8. The standard InChI is InChI=1S/C44H54N8O3/c1-5-40-38(41(49-37-13-17-55-18-14-37)39-26-48-52(6-2)42(39)50-40)25-47-44(54)35-12-8-11-34(23-35)43(53)46-24-32-19-29(3)20-36(22-32)33-10-7-9-31(21-33)28-51-16-15-45-30(4)27-51/h7-12,19-23,26,30,37,45H,5-6,13-18,24-25,27-28H2,1-4H3,(H,46,53)(H,47,54)(H,49,50)/t30-/m0/s1. The molecule has 2 aliphatic heterocycles. The highest BCUT2D eigenvalue weighted by Crippen LogP contribution is 2.31. The molecule has 288 valence electrons. The molecule has 2 saturated heterocycles. The largest absolute Gasteiger partial charge is 0.381 e. The van der Waals surface area contributed by atoms with E-state index >= 15 is 0 Å². The lowest BCUT2D eigenvalue weighted by Crippen LogP contribution is -2.48. The first-order chi connectivity index (χ1) is 26.8. The van der Waals surface area contributed by atoms with Crippen LogP contribution in [-0.2, 0) is 37.3 Å². The quantitative estimate of drug-likeness (QED) is 0.112. The van der Waals surface area contributed by atoms with Gasteiger partial charge in [0, 0.05) is 93.5 Å². The first kappa shape index (κ1) is 38.2. The minimum Gasteiger partial charge on any atom is -0.381 e. The van der Waals surface area contributed by atoms with Crippen LogP contribution in [0.1, 0.15) is 82.3 Å². The van der Waals surface area contributed by atoms with Crippen molar-refractivity contribution in [2.24, 2.45) is 0 Å². The molecule has 55 heavy (non-hydrogen) atoms. The van der Waals surface area contributed by atoms with E-state index in [-0.39, 0.29) is 24.4 Å². The third-order valence-electron chi connectivity index (χ3n) is 10.7. The monoisotopic (exact) mass is 742 g/mol. The number of amides is 2. The van der Waals surface area contributed by atoms with E-state index in [0.29, 0.717) is 49.9 Å². The van der Waals surface area contributed by atoms with Gasteiger partial charge in [-0.25, -0.2) is 9.67 Å². The molecule has 5 aromatic rings. The van der Waals surface area contributed by atoms with Crippen LogP contribution in [0.2, 0.25) is 0 Å². The third-order valence-corrected chi connectivity index (χ3v) is 10.7. The summed E-state index contributed by atoms with van der Waals surface area (Å²) < 4.78 is 7.52. The summed E-state index contributed by atoms with van der Waals surface area (Å²) in [5.74, 6) is -0.487. The second-order valence-corrected chi connectivity index (χ2v) is 14.9. The Morgan fingerprint density at radius 3 is 2.40 bits per heavy atom. The summed E-state index contributed by atoms with van der Waals surface area (Å²) in [6, 6.07) is 22.9. The van der Waals surface area contributed by atoms with Crippen molar-refractivity contribution < 1.29 is 14.3 Å². The maximum absolute atomic E-state index is 13.6. The molecule has 0 radical (unpaired) electrons. The summed E-state index contributed by atoms with van der Waals surface area (Å²) in [6.45, 7) is 15.3. The molecule has 0 aliphatic carbocycles. The molecule has 2 aromatic heterocycles. The first-order valence-corrected chi connectivity index (χ1v) is 19.8. The van der Waals surface area contributed by atoms with E-state index in [1.165, 1.54) is 11.1 Å². The van der Waals surface area contributed by atoms with Crippen molar-refractivity contribution in [1.82, 2.24) is 35.6 Å². The molecular weight excluding hydrogens is 689 g/mol. The van der Waals surface area contributed by atoms with Crippen LogP contribution < -0.4 is 21.3 Å². The maximum atomic E-state index is 13.6. The molecule has 11 heteroatoms. The molecular formula is C44H54N8O3. The molecule has 3 aromatic carbocycles. The number of pyridine rings is 1. The summed E-state index contributed by atoms with van der Waals surface area (Å²) in [5, 5.41) is 19.0. The van der Waals surface area contributed by atoms with E-state index < -0.39 is 0 Å². The Balaban J connectivity index is 1.02. The summed E-state index contributed by atoms with van der Waals surface area (Å²) in [6.07, 6.45) is 4.39. The van der Waals surface area contributed by atoms with Gasteiger partial charge in [0.25, 0.3) is 11.8 Å². The van der Waals surface area contributed by atoms with E-state index in [4.69, 9.17) is 9.72 Å². The lowest BCUT2D eigenvalue weighted by Gasteiger charge is -2.31. The maximum Gasteiger partial charge on any atom is 0.251 e. The number of piperazine rings is 1. The summed E-state index contributed by atoms with van der Waals surface area (Å²) >= 11 is 0. The molecule has 0 saturated carbocycles. The summed E-state index contributed by atoms with van der Waals surface area (Å²) in [5.41, 5.74) is 10.3. The number of ether oxygens (including phenoxy) is 1. The van der Waals surface area contributed by atoms with Crippen molar-refractivity contribution in [3.8, 4) is 11.1 Å². The number of benzene rings is 3. The number of nitrogens with zero attached hydrogens (tertiary/aromatic N) is 4. The molecule has 0 unspecified atom stereocenters. The molecule has 0 bridgehead atoms. The van der Waals surface area contributed by atoms with Crippen LogP contribution in [0.15, 0.2) is 72.9 Å². The fourth-order valence-corrected chi connectivity index (χ4v) is 7.85. The highest BCUT2D eigenvalue weighted by Gasteiger charge is 2.23. The Kier molecular flexibility index (Phi) is 12.2. The first-order valence-electron chi connectivity index (χ1n) is 19.8. The van der Waals surface area contributed by atoms with Gasteiger partial charge in [-0.2, -0.15) is 5.10 Å². The van der Waals surface area contributed by atoms with Gasteiger partial charge in [-0.15, -0.1) is 0 Å². The van der Waals surface area contributed by atoms with Gasteiger partial charge in [0.2, 0.25) is 0 Å². The van der Waals surface area contributed by atoms with E-state index in [1.54, 1.807) is 24.3 Å². The van der Waals surface area contributed by atoms with Crippen LogP contribution in [0.3, 0.4) is 0 Å². The Bertz CT molecular complexity index is 2140. The number of nitrogens with one attached hydrogen (secondary N) is 4. The predicted molar refractivity (Wildman–Crippen MR) is 218 cm³/mol. The highest BCUT2D eigenvalue weighted by molar-refractivity contribution is 6.00. The van der Waals surface area contributed by atoms with Crippen LogP contribution >= 0.6 is 0 Å². The number of rotatable bonds is 13. The van der Waals surface area contributed by atoms with Crippen molar-refractivity contribution in [2.75, 3.05) is 38.2 Å². The van der Waals surface area contributed by atoms with Crippen LogP contribution in [-0.4, -0.2) is 76.4 Å². The summed E-state index contributed by atoms with van der Waals surface area (Å²) in [4.78, 5) is 34.6. The lowest BCUT2D eigenvalue weighted by atomic mass is 9.98. The number of carbonyl (C=O) groups excluding carboxylic acids is 2. The van der Waals surface area contributed by atoms with Crippen LogP contribution in [0.4, 0.5) is 5.69 Å². The van der Waals surface area contributed by atoms with Crippen molar-refractivity contribution >= 4 is 28.5 Å². The number of hydrogen-bond donors (Lipinski definition) is 4. The molecule has 11 nitrogen and oxygen atoms in total. The normalized spacial score (nSPS) is 16.6. The van der Waals surface area contributed by atoms with E-state index in [2.05, 4.69) is 101 Å². The van der Waals surface area contributed by atoms with Gasteiger partial charge in [-0.1, -0.05) is 48.9 Å². The van der Waals surface area contributed by atoms with E-state index in [9.17, 15) is 9.59 Å². The zero-order valence-electron chi connectivity index (χ0n) is 32.6. The van der Waals surface area contributed by atoms with Crippen molar-refractivity contribution in [1.29, 1.82) is 0 Å². The van der Waals surface area contributed by atoms with Crippen LogP contribution in [0, 0.1) is 6.92 Å². The second kappa shape index (κ2) is 17.6. The minimum atomic E-state index is -0.255. The molecule has 4 heterocycles. The number of carbonyl (C=O) groups is 2. The Labute approximate surface area is 324 Å². The molecule has 0 spiro atoms. The van der Waals surface area contributed by atoms with Gasteiger partial charge < -0.3 is 26.0 Å². The average molecular weight is 743 g/mol. The molecule has 2 aliphatic rings. The van der Waals surface area contributed by atoms with E-state index in [0.717, 1.165) is 83.7 Å². The van der Waals surface area contributed by atoms with Crippen LogP contribution in [0.25, 0.3) is 22.2 Å². The molecule has 1 atom stereocenters. The fourth-order valence-electron chi connectivity index (χ4n) is 7.85. The SMILES string of the molecule is CCc1nc2c(cnn2CC)c(NC2CCOCC2)c1CNC(=O)c1cccc(C(=O)NCc2cc(C)cc(-c3cccc(CN4CCN[C@@H](C)C4)c3)c2)c1. The van der Waals surface area contributed by atoms with Gasteiger partial charge in [0.15, 0.2) is 5.65 Å². The number of aromatic nitrogens is 3. The number of aryl methyl sites for hydroxylation is 3. The van der Waals surface area contributed by atoms with Crippen molar-refractivity contribution in [2.45, 2.75) is 85.2 Å². The molecule has 7 rings (SSSR count). The molecule has 2 fully saturated rings. The highest BCUT2D eigenvalue weighted by atomic mass is 16.5. The van der Waals surface area contributed by atoms with E-state index in [1.807, 2.05) is 10.9 Å². The third kappa shape index (κ3) is 9.24. The zero-order chi connectivity index (χ0) is 38.3. The average Bonchev–Trinajstić information content (AvgIpc) is 3.62. The number of anilines is 1. The number of fused-ring (bicyclic) bond motifs is 1. The summed E-state index contributed by atoms with van der Waals surface area (Å²) in [7, 11) is 0. The van der Waals surface area contributed by atoms with Crippen molar-refractivity contribution in [3.05, 3.63) is 112 Å². The molecule has 4 N–H and O–H groups in total. The Hall–Kier alpha value is -5.10. The lowest BCUT2D eigenvalue weighted by molar-refractivity contribution is 0.0904. The molecule has 2 amide bonds. The van der Waals surface area contributed by atoms with Crippen molar-refractivity contribution in [3.63, 3.8) is 0 Å².